The van der Waals surface area contributed by atoms with Crippen molar-refractivity contribution in [3.63, 3.8) is 0 Å². The molecule has 0 fully saturated rings. The Balaban J connectivity index is 1.50. The van der Waals surface area contributed by atoms with Crippen molar-refractivity contribution in [2.75, 3.05) is 13.2 Å². The van der Waals surface area contributed by atoms with Crippen LogP contribution in [0.2, 0.25) is 0 Å². The summed E-state index contributed by atoms with van der Waals surface area (Å²) in [5.74, 6) is 0.840. The molecule has 0 spiro atoms. The Morgan fingerprint density at radius 3 is 2.50 bits per heavy atom. The number of benzene rings is 2. The molecule has 0 amide bonds. The highest BCUT2D eigenvalue weighted by molar-refractivity contribution is 5.84. The number of nitrogens with zero attached hydrogens (tertiary/aromatic N) is 1. The molecule has 0 unspecified atom stereocenters. The Hall–Kier alpha value is -3.02. The Morgan fingerprint density at radius 2 is 1.80 bits per heavy atom. The molecular formula is C24H29NO5. The third-order valence-corrected chi connectivity index (χ3v) is 4.98. The van der Waals surface area contributed by atoms with Gasteiger partial charge in [0.25, 0.3) is 0 Å². The summed E-state index contributed by atoms with van der Waals surface area (Å²) < 4.78 is 17.4. The van der Waals surface area contributed by atoms with Gasteiger partial charge in [0.1, 0.15) is 11.5 Å². The number of aliphatic carboxylic acids is 1. The number of fused-ring (bicyclic) bond motifs is 1. The summed E-state index contributed by atoms with van der Waals surface area (Å²) in [5, 5.41) is 14.0. The number of hydrogen-bond donors (Lipinski definition) is 1. The lowest BCUT2D eigenvalue weighted by Gasteiger charge is -2.12. The second-order valence-electron chi connectivity index (χ2n) is 7.24. The number of carboxylic acid groups (broad SMARTS) is 1. The molecule has 160 valence electrons. The lowest BCUT2D eigenvalue weighted by molar-refractivity contribution is -0.136. The Kier molecular flexibility index (Phi) is 7.71. The van der Waals surface area contributed by atoms with E-state index in [9.17, 15) is 4.79 Å². The van der Waals surface area contributed by atoms with Gasteiger partial charge in [-0.2, -0.15) is 0 Å². The van der Waals surface area contributed by atoms with Gasteiger partial charge in [0, 0.05) is 23.8 Å². The van der Waals surface area contributed by atoms with Crippen molar-refractivity contribution in [1.82, 2.24) is 5.16 Å². The van der Waals surface area contributed by atoms with Crippen molar-refractivity contribution in [2.24, 2.45) is 0 Å². The number of aromatic nitrogens is 1. The molecule has 0 bridgehead atoms. The van der Waals surface area contributed by atoms with Gasteiger partial charge in [-0.3, -0.25) is 4.79 Å². The van der Waals surface area contributed by atoms with Crippen LogP contribution in [0.5, 0.6) is 11.5 Å². The molecule has 1 N–H and O–H groups in total. The molecule has 6 heteroatoms. The normalized spacial score (nSPS) is 11.0. The van der Waals surface area contributed by atoms with Gasteiger partial charge in [-0.25, -0.2) is 0 Å². The lowest BCUT2D eigenvalue weighted by atomic mass is 10.0. The fraction of sp³-hybridized carbons (Fsp3) is 0.417. The lowest BCUT2D eigenvalue weighted by Crippen LogP contribution is -2.06. The zero-order chi connectivity index (χ0) is 21.3. The molecule has 0 aliphatic carbocycles. The summed E-state index contributed by atoms with van der Waals surface area (Å²) in [4.78, 5) is 10.6. The molecule has 0 radical (unpaired) electrons. The van der Waals surface area contributed by atoms with Gasteiger partial charge in [-0.1, -0.05) is 37.6 Å². The van der Waals surface area contributed by atoms with Crippen LogP contribution in [0, 0.1) is 0 Å². The van der Waals surface area contributed by atoms with E-state index in [1.54, 1.807) is 0 Å². The van der Waals surface area contributed by atoms with E-state index in [2.05, 4.69) is 19.0 Å². The van der Waals surface area contributed by atoms with E-state index in [1.807, 2.05) is 36.4 Å². The van der Waals surface area contributed by atoms with Crippen molar-refractivity contribution in [1.29, 1.82) is 0 Å². The van der Waals surface area contributed by atoms with E-state index >= 15 is 0 Å². The maximum absolute atomic E-state index is 10.6. The van der Waals surface area contributed by atoms with Crippen molar-refractivity contribution in [2.45, 2.75) is 52.4 Å². The monoisotopic (exact) mass is 411 g/mol. The number of carboxylic acids is 1. The zero-order valence-electron chi connectivity index (χ0n) is 17.6. The second-order valence-corrected chi connectivity index (χ2v) is 7.24. The summed E-state index contributed by atoms with van der Waals surface area (Å²) in [6, 6.07) is 11.6. The third kappa shape index (κ3) is 5.53. The fourth-order valence-electron chi connectivity index (χ4n) is 3.40. The Bertz CT molecular complexity index is 962. The van der Waals surface area contributed by atoms with Gasteiger partial charge >= 0.3 is 5.97 Å². The summed E-state index contributed by atoms with van der Waals surface area (Å²) in [7, 11) is 0. The molecule has 3 rings (SSSR count). The quantitative estimate of drug-likeness (QED) is 0.412. The van der Waals surface area contributed by atoms with Gasteiger partial charge in [-0.15, -0.1) is 0 Å². The van der Waals surface area contributed by atoms with Crippen LogP contribution in [0.4, 0.5) is 0 Å². The van der Waals surface area contributed by atoms with Crippen molar-refractivity contribution >= 4 is 16.9 Å². The Labute approximate surface area is 176 Å². The molecule has 0 aliphatic rings. The van der Waals surface area contributed by atoms with Crippen LogP contribution in [-0.2, 0) is 24.1 Å². The number of hydrogen-bond acceptors (Lipinski definition) is 5. The van der Waals surface area contributed by atoms with Crippen LogP contribution < -0.4 is 9.47 Å². The van der Waals surface area contributed by atoms with Crippen LogP contribution in [0.3, 0.4) is 0 Å². The van der Waals surface area contributed by atoms with Gasteiger partial charge in [0.2, 0.25) is 0 Å². The van der Waals surface area contributed by atoms with Gasteiger partial charge in [0.05, 0.1) is 18.9 Å². The predicted octanol–water partition coefficient (Wildman–Crippen LogP) is 5.21. The average molecular weight is 411 g/mol. The van der Waals surface area contributed by atoms with E-state index in [0.717, 1.165) is 65.0 Å². The highest BCUT2D eigenvalue weighted by Gasteiger charge is 2.15. The number of carbonyl (C=O) groups is 1. The second kappa shape index (κ2) is 10.7. The molecule has 30 heavy (non-hydrogen) atoms. The molecule has 3 aromatic rings. The van der Waals surface area contributed by atoms with Crippen LogP contribution >= 0.6 is 0 Å². The molecule has 0 atom stereocenters. The van der Waals surface area contributed by atoms with E-state index in [4.69, 9.17) is 19.1 Å². The molecule has 1 heterocycles. The van der Waals surface area contributed by atoms with Crippen molar-refractivity contribution in [3.05, 3.63) is 53.2 Å². The maximum Gasteiger partial charge on any atom is 0.303 e. The molecule has 0 saturated carbocycles. The summed E-state index contributed by atoms with van der Waals surface area (Å²) in [6.45, 7) is 5.31. The minimum absolute atomic E-state index is 0.136. The number of rotatable bonds is 12. The van der Waals surface area contributed by atoms with E-state index in [1.165, 1.54) is 0 Å². The van der Waals surface area contributed by atoms with Crippen LogP contribution in [-0.4, -0.2) is 29.4 Å². The highest BCUT2D eigenvalue weighted by Crippen LogP contribution is 2.31. The van der Waals surface area contributed by atoms with Crippen LogP contribution in [0.15, 0.2) is 40.9 Å². The molecule has 2 aromatic carbocycles. The van der Waals surface area contributed by atoms with Gasteiger partial charge in [-0.05, 0) is 49.1 Å². The van der Waals surface area contributed by atoms with E-state index in [0.29, 0.717) is 19.6 Å². The van der Waals surface area contributed by atoms with Crippen LogP contribution in [0.1, 0.15) is 49.9 Å². The third-order valence-electron chi connectivity index (χ3n) is 4.98. The van der Waals surface area contributed by atoms with Crippen molar-refractivity contribution < 1.29 is 23.9 Å². The SMILES string of the molecule is CCCc1c(OCCCOc2ccc(CCC(=O)O)cc2)ccc2c(CC)noc12. The first kappa shape index (κ1) is 21.7. The molecule has 1 aromatic heterocycles. The first-order valence-electron chi connectivity index (χ1n) is 10.6. The smallest absolute Gasteiger partial charge is 0.303 e. The minimum Gasteiger partial charge on any atom is -0.493 e. The first-order valence-corrected chi connectivity index (χ1v) is 10.6. The van der Waals surface area contributed by atoms with Crippen molar-refractivity contribution in [3.8, 4) is 11.5 Å². The number of aryl methyl sites for hydroxylation is 3. The standard InChI is InChI=1S/C24H29NO5/c1-3-6-20-22(13-12-19-21(4-2)25-30-24(19)20)29-16-5-15-28-18-10-7-17(8-11-18)9-14-23(26)27/h7-8,10-13H,3-6,9,14-16H2,1-2H3,(H,26,27). The van der Waals surface area contributed by atoms with Gasteiger partial charge < -0.3 is 19.1 Å². The van der Waals surface area contributed by atoms with Gasteiger partial charge in [0.15, 0.2) is 5.58 Å². The maximum atomic E-state index is 10.6. The fourth-order valence-corrected chi connectivity index (χ4v) is 3.40. The molecule has 0 saturated heterocycles. The first-order chi connectivity index (χ1) is 14.6. The van der Waals surface area contributed by atoms with Crippen LogP contribution in [0.25, 0.3) is 11.0 Å². The molecular weight excluding hydrogens is 382 g/mol. The summed E-state index contributed by atoms with van der Waals surface area (Å²) >= 11 is 0. The topological polar surface area (TPSA) is 81.8 Å². The minimum atomic E-state index is -0.786. The molecule has 6 nitrogen and oxygen atoms in total. The van der Waals surface area contributed by atoms with E-state index in [-0.39, 0.29) is 6.42 Å². The summed E-state index contributed by atoms with van der Waals surface area (Å²) in [5.41, 5.74) is 3.90. The zero-order valence-corrected chi connectivity index (χ0v) is 17.6. The Morgan fingerprint density at radius 1 is 1.03 bits per heavy atom. The van der Waals surface area contributed by atoms with E-state index < -0.39 is 5.97 Å². The summed E-state index contributed by atoms with van der Waals surface area (Å²) in [6.07, 6.45) is 4.15. The average Bonchev–Trinajstić information content (AvgIpc) is 3.17. The highest BCUT2D eigenvalue weighted by atomic mass is 16.5. The molecule has 0 aliphatic heterocycles. The number of ether oxygens (including phenoxy) is 2. The predicted molar refractivity (Wildman–Crippen MR) is 115 cm³/mol. The largest absolute Gasteiger partial charge is 0.493 e.